The minimum absolute atomic E-state index is 0.331. The van der Waals surface area contributed by atoms with Gasteiger partial charge in [-0.15, -0.1) is 0 Å². The fourth-order valence-corrected chi connectivity index (χ4v) is 2.34. The Morgan fingerprint density at radius 2 is 1.65 bits per heavy atom. The van der Waals surface area contributed by atoms with Gasteiger partial charge in [-0.25, -0.2) is 0 Å². The van der Waals surface area contributed by atoms with E-state index in [1.54, 1.807) is 12.1 Å². The van der Waals surface area contributed by atoms with E-state index in [2.05, 4.69) is 42.6 Å². The molecule has 0 radical (unpaired) electrons. The molecule has 2 N–H and O–H groups in total. The second-order valence-electron chi connectivity index (χ2n) is 5.31. The molecule has 0 saturated carbocycles. The standard InChI is InChI=1S/C18H23NO/c1-15(14-17-9-11-18(20)12-10-17)19-13-5-8-16-6-3-2-4-7-16/h2-4,6-7,9-12,15,19-20H,5,8,13-14H2,1H3/t15-/m0/s1. The Morgan fingerprint density at radius 1 is 0.950 bits per heavy atom. The van der Waals surface area contributed by atoms with Crippen LogP contribution in [0.1, 0.15) is 24.5 Å². The lowest BCUT2D eigenvalue weighted by Crippen LogP contribution is -2.29. The molecule has 0 amide bonds. The molecule has 0 heterocycles. The van der Waals surface area contributed by atoms with Crippen LogP contribution in [-0.4, -0.2) is 17.7 Å². The summed E-state index contributed by atoms with van der Waals surface area (Å²) in [6.07, 6.45) is 3.27. The number of nitrogens with one attached hydrogen (secondary N) is 1. The van der Waals surface area contributed by atoms with Crippen LogP contribution >= 0.6 is 0 Å². The lowest BCUT2D eigenvalue weighted by molar-refractivity contribution is 0.474. The first-order chi connectivity index (χ1) is 9.74. The minimum atomic E-state index is 0.331. The van der Waals surface area contributed by atoms with E-state index in [0.29, 0.717) is 11.8 Å². The molecule has 0 aromatic heterocycles. The Labute approximate surface area is 121 Å². The molecule has 20 heavy (non-hydrogen) atoms. The molecule has 0 aliphatic heterocycles. The van der Waals surface area contributed by atoms with E-state index in [0.717, 1.165) is 25.8 Å². The first kappa shape index (κ1) is 14.6. The second-order valence-corrected chi connectivity index (χ2v) is 5.31. The van der Waals surface area contributed by atoms with Crippen molar-refractivity contribution in [3.05, 3.63) is 65.7 Å². The van der Waals surface area contributed by atoms with Gasteiger partial charge in [-0.1, -0.05) is 42.5 Å². The van der Waals surface area contributed by atoms with Crippen molar-refractivity contribution in [3.63, 3.8) is 0 Å². The van der Waals surface area contributed by atoms with Gasteiger partial charge in [0.05, 0.1) is 0 Å². The molecule has 0 saturated heterocycles. The van der Waals surface area contributed by atoms with E-state index in [1.165, 1.54) is 11.1 Å². The number of phenolic OH excluding ortho intramolecular Hbond substituents is 1. The quantitative estimate of drug-likeness (QED) is 0.753. The SMILES string of the molecule is C[C@@H](Cc1ccc(O)cc1)NCCCc1ccccc1. The van der Waals surface area contributed by atoms with E-state index in [1.807, 2.05) is 12.1 Å². The topological polar surface area (TPSA) is 32.3 Å². The van der Waals surface area contributed by atoms with Gasteiger partial charge < -0.3 is 10.4 Å². The third-order valence-electron chi connectivity index (χ3n) is 3.46. The fourth-order valence-electron chi connectivity index (χ4n) is 2.34. The Morgan fingerprint density at radius 3 is 2.35 bits per heavy atom. The van der Waals surface area contributed by atoms with Crippen LogP contribution < -0.4 is 5.32 Å². The van der Waals surface area contributed by atoms with Gasteiger partial charge in [0.1, 0.15) is 5.75 Å². The summed E-state index contributed by atoms with van der Waals surface area (Å²) in [5.74, 6) is 0.331. The van der Waals surface area contributed by atoms with Crippen LogP contribution in [0.3, 0.4) is 0 Å². The van der Waals surface area contributed by atoms with Crippen LogP contribution in [0.2, 0.25) is 0 Å². The zero-order valence-corrected chi connectivity index (χ0v) is 12.0. The molecule has 0 fully saturated rings. The van der Waals surface area contributed by atoms with E-state index >= 15 is 0 Å². The molecule has 0 spiro atoms. The van der Waals surface area contributed by atoms with Gasteiger partial charge in [0, 0.05) is 6.04 Å². The number of hydrogen-bond donors (Lipinski definition) is 2. The maximum atomic E-state index is 9.26. The molecule has 0 aliphatic rings. The Hall–Kier alpha value is -1.80. The number of aryl methyl sites for hydroxylation is 1. The summed E-state index contributed by atoms with van der Waals surface area (Å²) in [7, 11) is 0. The first-order valence-corrected chi connectivity index (χ1v) is 7.29. The first-order valence-electron chi connectivity index (χ1n) is 7.29. The molecule has 0 aliphatic carbocycles. The number of rotatable bonds is 7. The summed E-state index contributed by atoms with van der Waals surface area (Å²) in [6.45, 7) is 3.24. The van der Waals surface area contributed by atoms with Gasteiger partial charge in [0.15, 0.2) is 0 Å². The highest BCUT2D eigenvalue weighted by molar-refractivity contribution is 5.26. The van der Waals surface area contributed by atoms with Crippen molar-refractivity contribution in [1.82, 2.24) is 5.32 Å². The molecule has 1 atom stereocenters. The zero-order valence-electron chi connectivity index (χ0n) is 12.0. The van der Waals surface area contributed by atoms with Crippen molar-refractivity contribution in [2.45, 2.75) is 32.2 Å². The van der Waals surface area contributed by atoms with Crippen LogP contribution in [-0.2, 0) is 12.8 Å². The van der Waals surface area contributed by atoms with Crippen LogP contribution in [0.5, 0.6) is 5.75 Å². The maximum absolute atomic E-state index is 9.26. The molecule has 2 aromatic rings. The molecule has 0 unspecified atom stereocenters. The molecule has 2 aromatic carbocycles. The van der Waals surface area contributed by atoms with Crippen LogP contribution in [0.15, 0.2) is 54.6 Å². The average molecular weight is 269 g/mol. The Balaban J connectivity index is 1.65. The Bertz CT molecular complexity index is 493. The van der Waals surface area contributed by atoms with Crippen LogP contribution in [0.25, 0.3) is 0 Å². The summed E-state index contributed by atoms with van der Waals surface area (Å²) < 4.78 is 0. The maximum Gasteiger partial charge on any atom is 0.115 e. The van der Waals surface area contributed by atoms with Gasteiger partial charge >= 0.3 is 0 Å². The molecule has 2 rings (SSSR count). The summed E-state index contributed by atoms with van der Waals surface area (Å²) in [6, 6.07) is 18.5. The summed E-state index contributed by atoms with van der Waals surface area (Å²) >= 11 is 0. The van der Waals surface area contributed by atoms with Crippen molar-refractivity contribution >= 4 is 0 Å². The fraction of sp³-hybridized carbons (Fsp3) is 0.333. The zero-order chi connectivity index (χ0) is 14.2. The number of phenols is 1. The Kier molecular flexibility index (Phi) is 5.63. The van der Waals surface area contributed by atoms with Gasteiger partial charge in [-0.05, 0) is 56.0 Å². The van der Waals surface area contributed by atoms with Crippen molar-refractivity contribution in [3.8, 4) is 5.75 Å². The minimum Gasteiger partial charge on any atom is -0.508 e. The summed E-state index contributed by atoms with van der Waals surface area (Å²) in [4.78, 5) is 0. The smallest absolute Gasteiger partial charge is 0.115 e. The van der Waals surface area contributed by atoms with E-state index in [-0.39, 0.29) is 0 Å². The second kappa shape index (κ2) is 7.71. The highest BCUT2D eigenvalue weighted by Gasteiger charge is 2.03. The molecular weight excluding hydrogens is 246 g/mol. The molecular formula is C18H23NO. The van der Waals surface area contributed by atoms with Gasteiger partial charge in [-0.3, -0.25) is 0 Å². The molecule has 2 nitrogen and oxygen atoms in total. The van der Waals surface area contributed by atoms with E-state index in [4.69, 9.17) is 0 Å². The van der Waals surface area contributed by atoms with Crippen molar-refractivity contribution in [2.24, 2.45) is 0 Å². The third kappa shape index (κ3) is 5.06. The number of hydrogen-bond acceptors (Lipinski definition) is 2. The van der Waals surface area contributed by atoms with Crippen molar-refractivity contribution < 1.29 is 5.11 Å². The van der Waals surface area contributed by atoms with Crippen molar-refractivity contribution in [1.29, 1.82) is 0 Å². The predicted molar refractivity (Wildman–Crippen MR) is 84.0 cm³/mol. The molecule has 106 valence electrons. The number of aromatic hydroxyl groups is 1. The van der Waals surface area contributed by atoms with Gasteiger partial charge in [-0.2, -0.15) is 0 Å². The van der Waals surface area contributed by atoms with Crippen LogP contribution in [0, 0.1) is 0 Å². The van der Waals surface area contributed by atoms with Gasteiger partial charge in [0.25, 0.3) is 0 Å². The number of benzene rings is 2. The molecule has 2 heteroatoms. The van der Waals surface area contributed by atoms with Crippen molar-refractivity contribution in [2.75, 3.05) is 6.54 Å². The van der Waals surface area contributed by atoms with Gasteiger partial charge in [0.2, 0.25) is 0 Å². The van der Waals surface area contributed by atoms with E-state index < -0.39 is 0 Å². The van der Waals surface area contributed by atoms with Crippen LogP contribution in [0.4, 0.5) is 0 Å². The summed E-state index contributed by atoms with van der Waals surface area (Å²) in [5, 5.41) is 12.8. The average Bonchev–Trinajstić information content (AvgIpc) is 2.47. The largest absolute Gasteiger partial charge is 0.508 e. The highest BCUT2D eigenvalue weighted by Crippen LogP contribution is 2.11. The lowest BCUT2D eigenvalue weighted by Gasteiger charge is -2.14. The lowest BCUT2D eigenvalue weighted by atomic mass is 10.1. The third-order valence-corrected chi connectivity index (χ3v) is 3.46. The normalized spacial score (nSPS) is 12.2. The molecule has 0 bridgehead atoms. The highest BCUT2D eigenvalue weighted by atomic mass is 16.3. The summed E-state index contributed by atoms with van der Waals surface area (Å²) in [5.41, 5.74) is 2.66. The predicted octanol–water partition coefficient (Wildman–Crippen LogP) is 3.55. The monoisotopic (exact) mass is 269 g/mol. The van der Waals surface area contributed by atoms with E-state index in [9.17, 15) is 5.11 Å².